The molecular formula is C19H20BClN4OS. The van der Waals surface area contributed by atoms with Crippen LogP contribution >= 0.6 is 22.9 Å². The number of aromatic nitrogens is 3. The van der Waals surface area contributed by atoms with Crippen molar-refractivity contribution < 1.29 is 4.74 Å². The second-order valence-electron chi connectivity index (χ2n) is 6.52. The van der Waals surface area contributed by atoms with E-state index in [1.165, 1.54) is 10.3 Å². The Morgan fingerprint density at radius 1 is 1.26 bits per heavy atom. The van der Waals surface area contributed by atoms with Crippen molar-refractivity contribution in [2.24, 2.45) is 0 Å². The first-order valence-corrected chi connectivity index (χ1v) is 10.2. The van der Waals surface area contributed by atoms with Gasteiger partial charge in [0.2, 0.25) is 0 Å². The summed E-state index contributed by atoms with van der Waals surface area (Å²) in [5.74, 6) is 2.93. The molecule has 0 saturated carbocycles. The van der Waals surface area contributed by atoms with Crippen LogP contribution < -0.4 is 15.2 Å². The average molecular weight is 399 g/mol. The third-order valence-electron chi connectivity index (χ3n) is 4.61. The van der Waals surface area contributed by atoms with E-state index in [4.69, 9.17) is 27.1 Å². The molecule has 138 valence electrons. The molecule has 8 heteroatoms. The minimum Gasteiger partial charge on any atom is -0.497 e. The third-order valence-corrected chi connectivity index (χ3v) is 5.93. The first-order chi connectivity index (χ1) is 13.1. The molecule has 3 aromatic heterocycles. The van der Waals surface area contributed by atoms with Gasteiger partial charge in [0.1, 0.15) is 17.1 Å². The molecule has 1 aromatic carbocycles. The molecule has 0 atom stereocenters. The highest BCUT2D eigenvalue weighted by molar-refractivity contribution is 7.26. The minimum absolute atomic E-state index is 0.482. The molecule has 0 amide bonds. The van der Waals surface area contributed by atoms with Crippen LogP contribution in [0, 0.1) is 0 Å². The van der Waals surface area contributed by atoms with Gasteiger partial charge >= 0.3 is 0 Å². The molecule has 0 fully saturated rings. The summed E-state index contributed by atoms with van der Waals surface area (Å²) in [7, 11) is 3.77. The number of rotatable bonds is 6. The van der Waals surface area contributed by atoms with Gasteiger partial charge in [-0.2, -0.15) is 0 Å². The molecule has 0 aliphatic rings. The lowest BCUT2D eigenvalue weighted by atomic mass is 10.1. The standard InChI is InChI=1S/C19H20BClN4OS/c1-26-12-6-4-11(5-7-12)10-25-15(3-2-8-21)24-16-17(25)18-13(23-19(16)22)9-14(20)27-18/h4-7,9H,2-3,8,10,20H2,1H3,(H2,22,23). The molecule has 4 rings (SSSR count). The van der Waals surface area contributed by atoms with Crippen molar-refractivity contribution in [3.63, 3.8) is 0 Å². The summed E-state index contributed by atoms with van der Waals surface area (Å²) in [5.41, 5.74) is 10.2. The SMILES string of the molecule is Bc1cc2nc(N)c3nc(CCCCl)n(Cc4ccc(OC)cc4)c3c2s1. The molecular weight excluding hydrogens is 379 g/mol. The zero-order chi connectivity index (χ0) is 19.0. The summed E-state index contributed by atoms with van der Waals surface area (Å²) in [4.78, 5) is 9.40. The second kappa shape index (κ2) is 7.41. The molecule has 0 aliphatic carbocycles. The van der Waals surface area contributed by atoms with Crippen LogP contribution in [0.25, 0.3) is 21.3 Å². The number of nitrogen functional groups attached to an aromatic ring is 1. The predicted octanol–water partition coefficient (Wildman–Crippen LogP) is 2.71. The summed E-state index contributed by atoms with van der Waals surface area (Å²) in [6.45, 7) is 0.716. The topological polar surface area (TPSA) is 66.0 Å². The van der Waals surface area contributed by atoms with Gasteiger partial charge in [-0.3, -0.25) is 0 Å². The summed E-state index contributed by atoms with van der Waals surface area (Å²) in [5, 5.41) is 0. The largest absolute Gasteiger partial charge is 0.497 e. The number of nitrogens with two attached hydrogens (primary N) is 1. The van der Waals surface area contributed by atoms with E-state index in [-0.39, 0.29) is 0 Å². The van der Waals surface area contributed by atoms with Gasteiger partial charge in [-0.25, -0.2) is 9.97 Å². The van der Waals surface area contributed by atoms with Crippen molar-refractivity contribution in [2.75, 3.05) is 18.7 Å². The van der Waals surface area contributed by atoms with Crippen LogP contribution in [0.15, 0.2) is 30.3 Å². The van der Waals surface area contributed by atoms with Crippen LogP contribution in [0.3, 0.4) is 0 Å². The number of imidazole rings is 1. The Hall–Kier alpha value is -2.25. The van der Waals surface area contributed by atoms with Gasteiger partial charge in [-0.1, -0.05) is 12.1 Å². The quantitative estimate of drug-likeness (QED) is 0.400. The molecule has 3 heterocycles. The molecule has 2 N–H and O–H groups in total. The number of hydrogen-bond acceptors (Lipinski definition) is 5. The molecule has 0 spiro atoms. The van der Waals surface area contributed by atoms with Crippen LogP contribution in [0.2, 0.25) is 0 Å². The fraction of sp³-hybridized carbons (Fsp3) is 0.263. The minimum atomic E-state index is 0.482. The number of pyridine rings is 1. The first kappa shape index (κ1) is 18.1. The van der Waals surface area contributed by atoms with E-state index in [9.17, 15) is 0 Å². The van der Waals surface area contributed by atoms with E-state index in [1.54, 1.807) is 18.4 Å². The van der Waals surface area contributed by atoms with Crippen LogP contribution in [-0.4, -0.2) is 35.4 Å². The summed E-state index contributed by atoms with van der Waals surface area (Å²) in [6, 6.07) is 10.2. The molecule has 0 unspecified atom stereocenters. The molecule has 0 bridgehead atoms. The van der Waals surface area contributed by atoms with Gasteiger partial charge in [0.25, 0.3) is 0 Å². The number of fused-ring (bicyclic) bond motifs is 3. The van der Waals surface area contributed by atoms with E-state index in [0.717, 1.165) is 45.7 Å². The van der Waals surface area contributed by atoms with Crippen LogP contribution in [0.1, 0.15) is 17.8 Å². The van der Waals surface area contributed by atoms with E-state index in [0.29, 0.717) is 18.2 Å². The maximum atomic E-state index is 6.25. The van der Waals surface area contributed by atoms with Gasteiger partial charge in [0.05, 0.1) is 22.8 Å². The van der Waals surface area contributed by atoms with E-state index >= 15 is 0 Å². The van der Waals surface area contributed by atoms with Crippen molar-refractivity contribution in [3.05, 3.63) is 41.7 Å². The number of ether oxygens (including phenoxy) is 1. The van der Waals surface area contributed by atoms with Crippen LogP contribution in [0.5, 0.6) is 5.75 Å². The maximum Gasteiger partial charge on any atom is 0.152 e. The molecule has 5 nitrogen and oxygen atoms in total. The number of alkyl halides is 1. The van der Waals surface area contributed by atoms with Gasteiger partial charge in [-0.15, -0.1) is 22.9 Å². The smallest absolute Gasteiger partial charge is 0.152 e. The number of nitrogens with zero attached hydrogens (tertiary/aromatic N) is 3. The molecule has 4 aromatic rings. The van der Waals surface area contributed by atoms with Crippen molar-refractivity contribution in [2.45, 2.75) is 19.4 Å². The normalized spacial score (nSPS) is 11.5. The van der Waals surface area contributed by atoms with Gasteiger partial charge < -0.3 is 15.0 Å². The van der Waals surface area contributed by atoms with E-state index in [1.807, 2.05) is 12.1 Å². The van der Waals surface area contributed by atoms with Crippen molar-refractivity contribution >= 4 is 62.6 Å². The Balaban J connectivity index is 1.90. The fourth-order valence-electron chi connectivity index (χ4n) is 3.34. The summed E-state index contributed by atoms with van der Waals surface area (Å²) >= 11 is 7.67. The molecule has 0 aliphatic heterocycles. The Bertz CT molecular complexity index is 1110. The number of thiophene rings is 1. The molecule has 0 saturated heterocycles. The Morgan fingerprint density at radius 2 is 2.04 bits per heavy atom. The van der Waals surface area contributed by atoms with E-state index < -0.39 is 0 Å². The van der Waals surface area contributed by atoms with Crippen LogP contribution in [0.4, 0.5) is 5.82 Å². The zero-order valence-corrected chi connectivity index (χ0v) is 16.9. The zero-order valence-electron chi connectivity index (χ0n) is 15.3. The van der Waals surface area contributed by atoms with Gasteiger partial charge in [-0.05, 0) is 35.0 Å². The number of halogens is 1. The first-order valence-electron chi connectivity index (χ1n) is 8.84. The predicted molar refractivity (Wildman–Crippen MR) is 117 cm³/mol. The average Bonchev–Trinajstić information content (AvgIpc) is 3.21. The molecule has 0 radical (unpaired) electrons. The van der Waals surface area contributed by atoms with Gasteiger partial charge in [0.15, 0.2) is 13.7 Å². The third kappa shape index (κ3) is 3.37. The Kier molecular flexibility index (Phi) is 4.97. The lowest BCUT2D eigenvalue weighted by Gasteiger charge is -2.10. The lowest BCUT2D eigenvalue weighted by Crippen LogP contribution is -2.06. The van der Waals surface area contributed by atoms with E-state index in [2.05, 4.69) is 35.6 Å². The van der Waals surface area contributed by atoms with Crippen molar-refractivity contribution in [3.8, 4) is 5.75 Å². The highest BCUT2D eigenvalue weighted by atomic mass is 35.5. The highest BCUT2D eigenvalue weighted by Gasteiger charge is 2.19. The van der Waals surface area contributed by atoms with Crippen LogP contribution in [-0.2, 0) is 13.0 Å². The number of aryl methyl sites for hydroxylation is 1. The summed E-state index contributed by atoms with van der Waals surface area (Å²) in [6.07, 6.45) is 1.67. The fourth-order valence-corrected chi connectivity index (χ4v) is 4.48. The monoisotopic (exact) mass is 398 g/mol. The van der Waals surface area contributed by atoms with Crippen molar-refractivity contribution in [1.29, 1.82) is 0 Å². The maximum absolute atomic E-state index is 6.25. The summed E-state index contributed by atoms with van der Waals surface area (Å²) < 4.78 is 9.88. The van der Waals surface area contributed by atoms with Gasteiger partial charge in [0, 0.05) is 18.8 Å². The van der Waals surface area contributed by atoms with Crippen molar-refractivity contribution in [1.82, 2.24) is 14.5 Å². The lowest BCUT2D eigenvalue weighted by molar-refractivity contribution is 0.414. The second-order valence-corrected chi connectivity index (χ2v) is 8.15. The number of hydrogen-bond donors (Lipinski definition) is 1. The Morgan fingerprint density at radius 3 is 2.74 bits per heavy atom. The number of benzene rings is 1. The molecule has 27 heavy (non-hydrogen) atoms. The highest BCUT2D eigenvalue weighted by Crippen LogP contribution is 2.32. The number of anilines is 1. The number of methoxy groups -OCH3 is 1. The Labute approximate surface area is 167 Å².